The largest absolute Gasteiger partial charge is 0.394 e. The number of aliphatic hydroxyl groups is 1. The third-order valence-electron chi connectivity index (χ3n) is 5.11. The average Bonchev–Trinajstić information content (AvgIpc) is 3.30. The normalized spacial score (nSPS) is 11.4. The molecule has 4 rings (SSSR count). The van der Waals surface area contributed by atoms with Crippen LogP contribution in [0.5, 0.6) is 0 Å². The molecule has 0 atom stereocenters. The van der Waals surface area contributed by atoms with Crippen LogP contribution in [0.4, 0.5) is 5.82 Å². The molecule has 0 amide bonds. The van der Waals surface area contributed by atoms with E-state index in [9.17, 15) is 15.6 Å². The lowest BCUT2D eigenvalue weighted by atomic mass is 10.1. The van der Waals surface area contributed by atoms with Gasteiger partial charge in [0.05, 0.1) is 18.7 Å². The minimum atomic E-state index is -0.172. The lowest BCUT2D eigenvalue weighted by Crippen LogP contribution is -2.07. The fourth-order valence-corrected chi connectivity index (χ4v) is 3.65. The first-order valence-corrected chi connectivity index (χ1v) is 9.77. The molecular weight excluding hydrogens is 388 g/mol. The second-order valence-electron chi connectivity index (χ2n) is 7.05. The van der Waals surface area contributed by atoms with E-state index in [2.05, 4.69) is 27.9 Å². The number of para-hydroxylation sites is 1. The number of nitriles is 2. The zero-order chi connectivity index (χ0) is 21.8. The zero-order valence-corrected chi connectivity index (χ0v) is 16.7. The molecule has 0 unspecified atom stereocenters. The van der Waals surface area contributed by atoms with E-state index >= 15 is 0 Å². The molecule has 0 saturated heterocycles. The highest BCUT2D eigenvalue weighted by atomic mass is 16.3. The van der Waals surface area contributed by atoms with E-state index in [1.54, 1.807) is 6.08 Å². The number of nitrogen functional groups attached to an aromatic ring is 1. The van der Waals surface area contributed by atoms with Crippen molar-refractivity contribution in [2.24, 2.45) is 0 Å². The van der Waals surface area contributed by atoms with Gasteiger partial charge in [-0.05, 0) is 17.7 Å². The molecule has 0 radical (unpaired) electrons. The topological polar surface area (TPSA) is 117 Å². The summed E-state index contributed by atoms with van der Waals surface area (Å²) in [7, 11) is 0. The van der Waals surface area contributed by atoms with Gasteiger partial charge in [-0.15, -0.1) is 0 Å². The smallest absolute Gasteiger partial charge is 0.140 e. The fourth-order valence-electron chi connectivity index (χ4n) is 3.65. The number of nitrogens with two attached hydrogens (primary N) is 1. The van der Waals surface area contributed by atoms with Crippen LogP contribution in [0.25, 0.3) is 22.6 Å². The van der Waals surface area contributed by atoms with Crippen molar-refractivity contribution in [3.05, 3.63) is 83.2 Å². The van der Waals surface area contributed by atoms with Gasteiger partial charge < -0.3 is 15.4 Å². The van der Waals surface area contributed by atoms with Crippen LogP contribution in [-0.2, 0) is 13.1 Å². The molecular formula is C24H20N6O. The third-order valence-corrected chi connectivity index (χ3v) is 5.11. The van der Waals surface area contributed by atoms with E-state index in [4.69, 9.17) is 5.73 Å². The average molecular weight is 408 g/mol. The Labute approximate surface area is 179 Å². The number of allylic oxidation sites excluding steroid dienone is 1. The highest BCUT2D eigenvalue weighted by Gasteiger charge is 2.19. The Balaban J connectivity index is 1.83. The minimum absolute atomic E-state index is 0.134. The molecule has 2 aromatic heterocycles. The molecule has 4 aromatic rings. The van der Waals surface area contributed by atoms with Gasteiger partial charge in [0.15, 0.2) is 0 Å². The Morgan fingerprint density at radius 2 is 1.84 bits per heavy atom. The number of aromatic nitrogens is 3. The number of nitrogens with zero attached hydrogens (tertiary/aromatic N) is 5. The molecule has 31 heavy (non-hydrogen) atoms. The molecule has 7 heteroatoms. The number of aliphatic hydroxyl groups excluding tert-OH is 1. The second-order valence-corrected chi connectivity index (χ2v) is 7.05. The summed E-state index contributed by atoms with van der Waals surface area (Å²) in [5.74, 6) is 0.138. The van der Waals surface area contributed by atoms with Crippen molar-refractivity contribution in [1.82, 2.24) is 14.3 Å². The summed E-state index contributed by atoms with van der Waals surface area (Å²) in [6, 6.07) is 22.3. The molecule has 152 valence electrons. The van der Waals surface area contributed by atoms with Gasteiger partial charge in [-0.2, -0.15) is 15.6 Å². The summed E-state index contributed by atoms with van der Waals surface area (Å²) in [6.45, 7) is 0.670. The summed E-state index contributed by atoms with van der Waals surface area (Å²) in [5, 5.41) is 33.9. The summed E-state index contributed by atoms with van der Waals surface area (Å²) in [5.41, 5.74) is 9.64. The third kappa shape index (κ3) is 3.78. The first-order chi connectivity index (χ1) is 15.2. The molecule has 0 aliphatic heterocycles. The van der Waals surface area contributed by atoms with E-state index in [1.165, 1.54) is 10.2 Å². The van der Waals surface area contributed by atoms with E-state index in [0.717, 1.165) is 16.5 Å². The molecule has 7 nitrogen and oxygen atoms in total. The van der Waals surface area contributed by atoms with Crippen molar-refractivity contribution >= 4 is 28.4 Å². The maximum Gasteiger partial charge on any atom is 0.140 e. The van der Waals surface area contributed by atoms with Crippen LogP contribution >= 0.6 is 0 Å². The second kappa shape index (κ2) is 8.58. The minimum Gasteiger partial charge on any atom is -0.394 e. The predicted octanol–water partition coefficient (Wildman–Crippen LogP) is 3.40. The monoisotopic (exact) mass is 408 g/mol. The molecule has 0 bridgehead atoms. The quantitative estimate of drug-likeness (QED) is 0.474. The van der Waals surface area contributed by atoms with Crippen LogP contribution in [0, 0.1) is 22.7 Å². The standard InChI is InChI=1S/C24H20N6O/c25-13-18(23-21(14-26)24(27)30(28-23)10-11-31)12-19-16-29(15-17-6-2-1-3-7-17)22-9-5-4-8-20(19)22/h1-9,12,16,31H,10-11,15,27H2. The van der Waals surface area contributed by atoms with Crippen molar-refractivity contribution in [3.8, 4) is 12.1 Å². The number of benzene rings is 2. The first kappa shape index (κ1) is 20.0. The summed E-state index contributed by atoms with van der Waals surface area (Å²) in [4.78, 5) is 0. The van der Waals surface area contributed by atoms with Crippen molar-refractivity contribution in [2.45, 2.75) is 13.1 Å². The highest BCUT2D eigenvalue weighted by Crippen LogP contribution is 2.29. The molecule has 3 N–H and O–H groups in total. The Morgan fingerprint density at radius 1 is 1.10 bits per heavy atom. The number of hydrogen-bond acceptors (Lipinski definition) is 5. The van der Waals surface area contributed by atoms with E-state index < -0.39 is 0 Å². The fraction of sp³-hybridized carbons (Fsp3) is 0.125. The molecule has 2 heterocycles. The Morgan fingerprint density at radius 3 is 2.55 bits per heavy atom. The van der Waals surface area contributed by atoms with Crippen molar-refractivity contribution in [3.63, 3.8) is 0 Å². The summed E-state index contributed by atoms with van der Waals surface area (Å²) >= 11 is 0. The van der Waals surface area contributed by atoms with E-state index in [0.29, 0.717) is 6.54 Å². The predicted molar refractivity (Wildman–Crippen MR) is 119 cm³/mol. The highest BCUT2D eigenvalue weighted by molar-refractivity contribution is 5.98. The van der Waals surface area contributed by atoms with Gasteiger partial charge in [-0.25, -0.2) is 4.68 Å². The van der Waals surface area contributed by atoms with Gasteiger partial charge in [0, 0.05) is 29.2 Å². The maximum absolute atomic E-state index is 9.83. The van der Waals surface area contributed by atoms with Crippen LogP contribution in [-0.4, -0.2) is 26.1 Å². The lowest BCUT2D eigenvalue weighted by molar-refractivity contribution is 0.270. The summed E-state index contributed by atoms with van der Waals surface area (Å²) in [6.07, 6.45) is 3.73. The van der Waals surface area contributed by atoms with Crippen molar-refractivity contribution in [2.75, 3.05) is 12.3 Å². The number of fused-ring (bicyclic) bond motifs is 1. The van der Waals surface area contributed by atoms with Gasteiger partial charge in [-0.1, -0.05) is 48.5 Å². The Hall–Kier alpha value is -4.33. The van der Waals surface area contributed by atoms with Crippen LogP contribution in [0.2, 0.25) is 0 Å². The molecule has 0 saturated carbocycles. The lowest BCUT2D eigenvalue weighted by Gasteiger charge is -2.05. The van der Waals surface area contributed by atoms with Crippen LogP contribution in [0.1, 0.15) is 22.4 Å². The molecule has 2 aromatic carbocycles. The maximum atomic E-state index is 9.83. The SMILES string of the molecule is N#CC(=Cc1cn(Cc2ccccc2)c2ccccc12)c1nn(CCO)c(N)c1C#N. The molecule has 0 aliphatic carbocycles. The molecule has 0 aliphatic rings. The van der Waals surface area contributed by atoms with Crippen LogP contribution in [0.15, 0.2) is 60.8 Å². The zero-order valence-electron chi connectivity index (χ0n) is 16.7. The molecule has 0 spiro atoms. The van der Waals surface area contributed by atoms with Crippen molar-refractivity contribution in [1.29, 1.82) is 10.5 Å². The first-order valence-electron chi connectivity index (χ1n) is 9.77. The van der Waals surface area contributed by atoms with Crippen molar-refractivity contribution < 1.29 is 5.11 Å². The van der Waals surface area contributed by atoms with Gasteiger partial charge in [0.1, 0.15) is 29.2 Å². The van der Waals surface area contributed by atoms with E-state index in [1.807, 2.05) is 54.7 Å². The van der Waals surface area contributed by atoms with E-state index in [-0.39, 0.29) is 35.8 Å². The van der Waals surface area contributed by atoms with Gasteiger partial charge in [0.2, 0.25) is 0 Å². The van der Waals surface area contributed by atoms with Crippen LogP contribution in [0.3, 0.4) is 0 Å². The Bertz CT molecular complexity index is 1350. The Kier molecular flexibility index (Phi) is 5.53. The van der Waals surface area contributed by atoms with Crippen LogP contribution < -0.4 is 5.73 Å². The number of rotatable bonds is 6. The molecule has 0 fully saturated rings. The van der Waals surface area contributed by atoms with Gasteiger partial charge in [-0.3, -0.25) is 0 Å². The summed E-state index contributed by atoms with van der Waals surface area (Å²) < 4.78 is 3.48. The number of anilines is 1. The van der Waals surface area contributed by atoms with Gasteiger partial charge >= 0.3 is 0 Å². The van der Waals surface area contributed by atoms with Gasteiger partial charge in [0.25, 0.3) is 0 Å². The number of hydrogen-bond donors (Lipinski definition) is 2.